The summed E-state index contributed by atoms with van der Waals surface area (Å²) in [5.74, 6) is 0. The van der Waals surface area contributed by atoms with Crippen LogP contribution in [0.5, 0.6) is 0 Å². The Morgan fingerprint density at radius 2 is 0.846 bits per heavy atom. The maximum atomic E-state index is 2.48. The molecule has 0 unspecified atom stereocenters. The van der Waals surface area contributed by atoms with Crippen molar-refractivity contribution in [1.29, 1.82) is 0 Å². The van der Waals surface area contributed by atoms with E-state index < -0.39 is 8.07 Å². The molecule has 0 N–H and O–H groups in total. The Labute approximate surface area is 304 Å². The van der Waals surface area contributed by atoms with Gasteiger partial charge in [-0.2, -0.15) is 0 Å². The Morgan fingerprint density at radius 3 is 1.62 bits per heavy atom. The van der Waals surface area contributed by atoms with Gasteiger partial charge in [0.15, 0.2) is 0 Å². The molecule has 2 heterocycles. The average molecular weight is 678 g/mol. The van der Waals surface area contributed by atoms with Crippen LogP contribution in [-0.4, -0.2) is 12.6 Å². The van der Waals surface area contributed by atoms with Crippen LogP contribution < -0.4 is 10.4 Å². The molecule has 2 heteroatoms. The number of para-hydroxylation sites is 1. The number of hydrogen-bond acceptors (Lipinski definition) is 0. The van der Waals surface area contributed by atoms with Crippen molar-refractivity contribution in [2.24, 2.45) is 0 Å². The van der Waals surface area contributed by atoms with E-state index in [1.54, 1.807) is 10.4 Å². The summed E-state index contributed by atoms with van der Waals surface area (Å²) < 4.78 is 2.46. The molecule has 1 nitrogen and oxygen atoms in total. The minimum Gasteiger partial charge on any atom is -0.309 e. The van der Waals surface area contributed by atoms with Gasteiger partial charge < -0.3 is 4.57 Å². The average Bonchev–Trinajstić information content (AvgIpc) is 3.65. The van der Waals surface area contributed by atoms with Gasteiger partial charge in [0.05, 0.1) is 11.0 Å². The Bertz CT molecular complexity index is 3070. The fourth-order valence-corrected chi connectivity index (χ4v) is 12.3. The molecule has 1 aliphatic heterocycles. The molecule has 0 bridgehead atoms. The van der Waals surface area contributed by atoms with E-state index in [2.05, 4.69) is 194 Å². The van der Waals surface area contributed by atoms with Gasteiger partial charge in [0.25, 0.3) is 0 Å². The summed E-state index contributed by atoms with van der Waals surface area (Å²) in [6.07, 6.45) is 0. The monoisotopic (exact) mass is 677 g/mol. The first-order valence-electron chi connectivity index (χ1n) is 18.3. The first kappa shape index (κ1) is 29.5. The van der Waals surface area contributed by atoms with Gasteiger partial charge in [0, 0.05) is 16.5 Å². The van der Waals surface area contributed by atoms with Crippen molar-refractivity contribution >= 4 is 72.6 Å². The molecule has 1 aliphatic rings. The standard InChI is InChI=1S/C50H35NSi/c1-52(2)49-21-10-8-19-44(49)46-30-34(24-27-50(46)52)32-12-11-13-36(28-32)51-47-20-9-7-18-42(47)43-26-23-35(31-48(43)51)33-22-25-41-39-16-4-3-14-37(39)38-15-5-6-17-40(38)45(41)29-33/h3-31H,1-2H3. The molecule has 0 saturated heterocycles. The summed E-state index contributed by atoms with van der Waals surface area (Å²) in [5, 5.41) is 13.4. The van der Waals surface area contributed by atoms with Crippen LogP contribution in [0.25, 0.3) is 93.2 Å². The first-order chi connectivity index (χ1) is 25.5. The van der Waals surface area contributed by atoms with Crippen LogP contribution >= 0.6 is 0 Å². The number of aromatic nitrogens is 1. The molecule has 0 saturated carbocycles. The van der Waals surface area contributed by atoms with Gasteiger partial charge in [-0.25, -0.2) is 0 Å². The maximum absolute atomic E-state index is 2.48. The molecule has 0 spiro atoms. The Kier molecular flexibility index (Phi) is 6.18. The van der Waals surface area contributed by atoms with E-state index in [4.69, 9.17) is 0 Å². The second kappa shape index (κ2) is 10.9. The third-order valence-electron chi connectivity index (χ3n) is 11.8. The molecule has 0 aliphatic carbocycles. The Balaban J connectivity index is 1.09. The third kappa shape index (κ3) is 4.16. The highest BCUT2D eigenvalue weighted by Crippen LogP contribution is 2.40. The van der Waals surface area contributed by atoms with Crippen LogP contribution in [0.3, 0.4) is 0 Å². The number of hydrogen-bond donors (Lipinski definition) is 0. The first-order valence-corrected chi connectivity index (χ1v) is 21.3. The quantitative estimate of drug-likeness (QED) is 0.130. The molecule has 0 fully saturated rings. The molecule has 0 radical (unpaired) electrons. The van der Waals surface area contributed by atoms with Crippen molar-refractivity contribution < 1.29 is 0 Å². The molecule has 244 valence electrons. The minimum atomic E-state index is -1.70. The zero-order valence-corrected chi connectivity index (χ0v) is 30.2. The fourth-order valence-electron chi connectivity index (χ4n) is 9.24. The van der Waals surface area contributed by atoms with Crippen LogP contribution in [0, 0.1) is 0 Å². The number of rotatable bonds is 3. The van der Waals surface area contributed by atoms with E-state index in [1.165, 1.54) is 93.2 Å². The highest BCUT2D eigenvalue weighted by molar-refractivity contribution is 7.03. The zero-order valence-electron chi connectivity index (χ0n) is 29.2. The molecule has 11 rings (SSSR count). The predicted octanol–water partition coefficient (Wildman–Crippen LogP) is 12.4. The van der Waals surface area contributed by atoms with Crippen LogP contribution in [0.4, 0.5) is 0 Å². The van der Waals surface area contributed by atoms with Crippen LogP contribution in [-0.2, 0) is 0 Å². The third-order valence-corrected chi connectivity index (χ3v) is 15.3. The highest BCUT2D eigenvalue weighted by Gasteiger charge is 2.37. The highest BCUT2D eigenvalue weighted by atomic mass is 28.3. The van der Waals surface area contributed by atoms with E-state index in [0.29, 0.717) is 0 Å². The fraction of sp³-hybridized carbons (Fsp3) is 0.0400. The van der Waals surface area contributed by atoms with E-state index in [9.17, 15) is 0 Å². The molecule has 1 aromatic heterocycles. The van der Waals surface area contributed by atoms with Crippen LogP contribution in [0.15, 0.2) is 176 Å². The smallest absolute Gasteiger partial charge is 0.113 e. The van der Waals surface area contributed by atoms with Gasteiger partial charge in [0.2, 0.25) is 0 Å². The lowest BCUT2D eigenvalue weighted by Crippen LogP contribution is -2.49. The van der Waals surface area contributed by atoms with Gasteiger partial charge in [-0.05, 0) is 112 Å². The number of benzene rings is 9. The molecular formula is C50H35NSi. The number of nitrogens with zero attached hydrogens (tertiary/aromatic N) is 1. The summed E-state index contributed by atoms with van der Waals surface area (Å²) in [5.41, 5.74) is 11.4. The van der Waals surface area contributed by atoms with Crippen molar-refractivity contribution in [3.05, 3.63) is 176 Å². The molecule has 9 aromatic carbocycles. The minimum absolute atomic E-state index is 1.17. The molecule has 10 aromatic rings. The van der Waals surface area contributed by atoms with Crippen molar-refractivity contribution in [2.45, 2.75) is 13.1 Å². The molecular weight excluding hydrogens is 643 g/mol. The summed E-state index contributed by atoms with van der Waals surface area (Å²) in [7, 11) is -1.70. The second-order valence-corrected chi connectivity index (χ2v) is 19.2. The van der Waals surface area contributed by atoms with Gasteiger partial charge in [0.1, 0.15) is 8.07 Å². The van der Waals surface area contributed by atoms with Gasteiger partial charge >= 0.3 is 0 Å². The van der Waals surface area contributed by atoms with Crippen molar-refractivity contribution in [3.8, 4) is 39.1 Å². The SMILES string of the molecule is C[Si]1(C)c2ccccc2-c2cc(-c3cccc(-n4c5ccccc5c5ccc(-c6ccc7c8ccccc8c8ccccc8c7c6)cc54)c3)ccc21. The van der Waals surface area contributed by atoms with E-state index in [1.807, 2.05) is 0 Å². The van der Waals surface area contributed by atoms with Crippen molar-refractivity contribution in [1.82, 2.24) is 4.57 Å². The lowest BCUT2D eigenvalue weighted by Gasteiger charge is -2.18. The van der Waals surface area contributed by atoms with Gasteiger partial charge in [-0.3, -0.25) is 0 Å². The second-order valence-electron chi connectivity index (χ2n) is 14.9. The summed E-state index contributed by atoms with van der Waals surface area (Å²) in [6, 6.07) is 65.8. The topological polar surface area (TPSA) is 4.93 Å². The zero-order chi connectivity index (χ0) is 34.6. The lowest BCUT2D eigenvalue weighted by molar-refractivity contribution is 1.18. The predicted molar refractivity (Wildman–Crippen MR) is 226 cm³/mol. The molecule has 0 atom stereocenters. The molecule has 0 amide bonds. The summed E-state index contributed by atoms with van der Waals surface area (Å²) >= 11 is 0. The maximum Gasteiger partial charge on any atom is 0.113 e. The Morgan fingerprint density at radius 1 is 0.327 bits per heavy atom. The Hall–Kier alpha value is -6.22. The van der Waals surface area contributed by atoms with Crippen LogP contribution in [0.1, 0.15) is 0 Å². The largest absolute Gasteiger partial charge is 0.309 e. The van der Waals surface area contributed by atoms with E-state index in [-0.39, 0.29) is 0 Å². The summed E-state index contributed by atoms with van der Waals surface area (Å²) in [4.78, 5) is 0. The summed E-state index contributed by atoms with van der Waals surface area (Å²) in [6.45, 7) is 4.97. The van der Waals surface area contributed by atoms with Crippen molar-refractivity contribution in [3.63, 3.8) is 0 Å². The van der Waals surface area contributed by atoms with Gasteiger partial charge in [-0.1, -0.05) is 153 Å². The van der Waals surface area contributed by atoms with Gasteiger partial charge in [-0.15, -0.1) is 0 Å². The normalized spacial score (nSPS) is 13.3. The van der Waals surface area contributed by atoms with E-state index >= 15 is 0 Å². The number of fused-ring (bicyclic) bond motifs is 12. The van der Waals surface area contributed by atoms with Crippen molar-refractivity contribution in [2.75, 3.05) is 0 Å². The van der Waals surface area contributed by atoms with E-state index in [0.717, 1.165) is 0 Å². The lowest BCUT2D eigenvalue weighted by atomic mass is 9.92. The molecule has 52 heavy (non-hydrogen) atoms. The van der Waals surface area contributed by atoms with Crippen LogP contribution in [0.2, 0.25) is 13.1 Å².